The second-order valence-corrected chi connectivity index (χ2v) is 7.64. The molecule has 2 aliphatic rings. The number of benzene rings is 2. The van der Waals surface area contributed by atoms with Crippen molar-refractivity contribution < 1.29 is 23.9 Å². The van der Waals surface area contributed by atoms with Crippen LogP contribution in [0.4, 0.5) is 11.4 Å². The summed E-state index contributed by atoms with van der Waals surface area (Å²) in [6.45, 7) is 2.22. The quantitative estimate of drug-likeness (QED) is 0.443. The lowest BCUT2D eigenvalue weighted by atomic mass is 10.1. The van der Waals surface area contributed by atoms with Gasteiger partial charge in [-0.05, 0) is 37.6 Å². The average Bonchev–Trinajstić information content (AvgIpc) is 3.11. The van der Waals surface area contributed by atoms with Crippen molar-refractivity contribution in [3.05, 3.63) is 54.1 Å². The number of nitrogens with zero attached hydrogens (tertiary/aromatic N) is 2. The van der Waals surface area contributed by atoms with Gasteiger partial charge >= 0.3 is 5.97 Å². The minimum atomic E-state index is -0.583. The monoisotopic (exact) mass is 406 g/mol. The molecule has 0 spiro atoms. The first kappa shape index (κ1) is 19.8. The van der Waals surface area contributed by atoms with Gasteiger partial charge in [-0.1, -0.05) is 23.8 Å². The van der Waals surface area contributed by atoms with Gasteiger partial charge in [0.05, 0.1) is 11.6 Å². The molecule has 0 aromatic heterocycles. The molecule has 154 valence electrons. The van der Waals surface area contributed by atoms with Crippen molar-refractivity contribution in [1.82, 2.24) is 0 Å². The lowest BCUT2D eigenvalue weighted by Crippen LogP contribution is -2.40. The van der Waals surface area contributed by atoms with Crippen LogP contribution in [0.3, 0.4) is 0 Å². The Balaban J connectivity index is 1.45. The molecule has 2 saturated heterocycles. The summed E-state index contributed by atoms with van der Waals surface area (Å²) in [4.78, 5) is 52.0. The van der Waals surface area contributed by atoms with Gasteiger partial charge in [-0.15, -0.1) is 0 Å². The third kappa shape index (κ3) is 3.96. The summed E-state index contributed by atoms with van der Waals surface area (Å²) < 4.78 is 5.48. The lowest BCUT2D eigenvalue weighted by molar-refractivity contribution is -0.139. The van der Waals surface area contributed by atoms with Gasteiger partial charge in [-0.25, -0.2) is 0 Å². The molecule has 7 heteroatoms. The Labute approximate surface area is 174 Å². The zero-order chi connectivity index (χ0) is 21.3. The highest BCUT2D eigenvalue weighted by molar-refractivity contribution is 6.16. The number of anilines is 2. The van der Waals surface area contributed by atoms with Gasteiger partial charge in [-0.2, -0.15) is 0 Å². The van der Waals surface area contributed by atoms with Gasteiger partial charge in [0.2, 0.25) is 17.7 Å². The van der Waals surface area contributed by atoms with Crippen LogP contribution >= 0.6 is 0 Å². The predicted octanol–water partition coefficient (Wildman–Crippen LogP) is 3.00. The summed E-state index contributed by atoms with van der Waals surface area (Å²) in [7, 11) is 0. The SMILES string of the molecule is Cc1ccc(N2C[C@H](C(=O)Oc3cccc(N4C(=O)CCCC4=O)c3)CC2=O)cc1. The van der Waals surface area contributed by atoms with Crippen molar-refractivity contribution in [3.8, 4) is 5.75 Å². The van der Waals surface area contributed by atoms with Crippen LogP contribution in [0.1, 0.15) is 31.2 Å². The molecule has 2 aromatic rings. The molecule has 0 aliphatic carbocycles. The molecule has 30 heavy (non-hydrogen) atoms. The second-order valence-electron chi connectivity index (χ2n) is 7.64. The highest BCUT2D eigenvalue weighted by atomic mass is 16.5. The van der Waals surface area contributed by atoms with E-state index in [-0.39, 0.29) is 36.4 Å². The predicted molar refractivity (Wildman–Crippen MR) is 110 cm³/mol. The highest BCUT2D eigenvalue weighted by Gasteiger charge is 2.36. The molecule has 7 nitrogen and oxygen atoms in total. The molecule has 2 fully saturated rings. The maximum absolute atomic E-state index is 12.7. The minimum absolute atomic E-state index is 0.0789. The minimum Gasteiger partial charge on any atom is -0.426 e. The van der Waals surface area contributed by atoms with Crippen molar-refractivity contribution in [2.24, 2.45) is 5.92 Å². The van der Waals surface area contributed by atoms with Gasteiger partial charge < -0.3 is 9.64 Å². The molecule has 0 bridgehead atoms. The van der Waals surface area contributed by atoms with Gasteiger partial charge in [0.1, 0.15) is 5.75 Å². The number of esters is 1. The summed E-state index contributed by atoms with van der Waals surface area (Å²) in [5.41, 5.74) is 2.23. The molecule has 0 N–H and O–H groups in total. The largest absolute Gasteiger partial charge is 0.426 e. The van der Waals surface area contributed by atoms with E-state index < -0.39 is 11.9 Å². The zero-order valence-electron chi connectivity index (χ0n) is 16.7. The molecule has 4 rings (SSSR count). The number of piperidine rings is 1. The first-order valence-electron chi connectivity index (χ1n) is 9.97. The van der Waals surface area contributed by atoms with E-state index in [0.29, 0.717) is 24.9 Å². The number of amides is 3. The molecule has 2 aromatic carbocycles. The van der Waals surface area contributed by atoms with E-state index in [1.807, 2.05) is 31.2 Å². The number of carbonyl (C=O) groups is 4. The molecule has 1 atom stereocenters. The summed E-state index contributed by atoms with van der Waals surface area (Å²) in [5.74, 6) is -1.49. The van der Waals surface area contributed by atoms with Crippen molar-refractivity contribution in [3.63, 3.8) is 0 Å². The van der Waals surface area contributed by atoms with E-state index in [0.717, 1.165) is 16.2 Å². The molecule has 0 unspecified atom stereocenters. The van der Waals surface area contributed by atoms with Crippen molar-refractivity contribution >= 4 is 35.1 Å². The fraction of sp³-hybridized carbons (Fsp3) is 0.304. The van der Waals surface area contributed by atoms with E-state index in [1.54, 1.807) is 23.1 Å². The number of imide groups is 1. The molecule has 2 aliphatic heterocycles. The highest BCUT2D eigenvalue weighted by Crippen LogP contribution is 2.29. The van der Waals surface area contributed by atoms with Crippen LogP contribution in [-0.4, -0.2) is 30.2 Å². The Kier molecular flexibility index (Phi) is 5.35. The number of hydrogen-bond acceptors (Lipinski definition) is 5. The Morgan fingerprint density at radius 2 is 1.63 bits per heavy atom. The molecule has 0 saturated carbocycles. The summed E-state index contributed by atoms with van der Waals surface area (Å²) in [6.07, 6.45) is 1.26. The number of rotatable bonds is 4. The van der Waals surface area contributed by atoms with Gasteiger partial charge in [-0.3, -0.25) is 24.1 Å². The Morgan fingerprint density at radius 3 is 2.33 bits per heavy atom. The van der Waals surface area contributed by atoms with Crippen LogP contribution in [0.25, 0.3) is 0 Å². The number of aryl methyl sites for hydroxylation is 1. The van der Waals surface area contributed by atoms with Crippen molar-refractivity contribution in [1.29, 1.82) is 0 Å². The van der Waals surface area contributed by atoms with Crippen LogP contribution in [0.15, 0.2) is 48.5 Å². The van der Waals surface area contributed by atoms with E-state index in [2.05, 4.69) is 0 Å². The Bertz CT molecular complexity index is 999. The summed E-state index contributed by atoms with van der Waals surface area (Å²) >= 11 is 0. The van der Waals surface area contributed by atoms with Gasteiger partial charge in [0.15, 0.2) is 0 Å². The molecular formula is C23H22N2O5. The van der Waals surface area contributed by atoms with Crippen molar-refractivity contribution in [2.75, 3.05) is 16.3 Å². The smallest absolute Gasteiger partial charge is 0.316 e. The van der Waals surface area contributed by atoms with Crippen LogP contribution in [0, 0.1) is 12.8 Å². The van der Waals surface area contributed by atoms with Crippen LogP contribution in [-0.2, 0) is 19.2 Å². The van der Waals surface area contributed by atoms with Crippen molar-refractivity contribution in [2.45, 2.75) is 32.6 Å². The summed E-state index contributed by atoms with van der Waals surface area (Å²) in [5, 5.41) is 0. The molecule has 3 amide bonds. The van der Waals surface area contributed by atoms with Crippen LogP contribution in [0.2, 0.25) is 0 Å². The maximum atomic E-state index is 12.7. The fourth-order valence-corrected chi connectivity index (χ4v) is 3.77. The zero-order valence-corrected chi connectivity index (χ0v) is 16.7. The number of hydrogen-bond donors (Lipinski definition) is 0. The molecular weight excluding hydrogens is 384 g/mol. The average molecular weight is 406 g/mol. The van der Waals surface area contributed by atoms with Gasteiger partial charge in [0, 0.05) is 37.6 Å². The normalized spacial score (nSPS) is 19.4. The Hall–Kier alpha value is -3.48. The van der Waals surface area contributed by atoms with E-state index in [9.17, 15) is 19.2 Å². The van der Waals surface area contributed by atoms with Crippen LogP contribution in [0.5, 0.6) is 5.75 Å². The maximum Gasteiger partial charge on any atom is 0.316 e. The third-order valence-electron chi connectivity index (χ3n) is 5.38. The molecule has 0 radical (unpaired) electrons. The first-order chi connectivity index (χ1) is 14.4. The van der Waals surface area contributed by atoms with E-state index in [4.69, 9.17) is 4.74 Å². The summed E-state index contributed by atoms with van der Waals surface area (Å²) in [6, 6.07) is 13.9. The van der Waals surface area contributed by atoms with E-state index >= 15 is 0 Å². The van der Waals surface area contributed by atoms with E-state index in [1.165, 1.54) is 6.07 Å². The molecule has 2 heterocycles. The van der Waals surface area contributed by atoms with Gasteiger partial charge in [0.25, 0.3) is 0 Å². The standard InChI is InChI=1S/C23H22N2O5/c1-15-8-10-17(11-9-15)24-14-16(12-22(24)28)23(29)30-19-5-2-4-18(13-19)25-20(26)6-3-7-21(25)27/h2,4-5,8-11,13,16H,3,6-7,12,14H2,1H3/t16-/m1/s1. The lowest BCUT2D eigenvalue weighted by Gasteiger charge is -2.25. The third-order valence-corrected chi connectivity index (χ3v) is 5.38. The second kappa shape index (κ2) is 8.10. The number of carbonyl (C=O) groups excluding carboxylic acids is 4. The fourth-order valence-electron chi connectivity index (χ4n) is 3.77. The first-order valence-corrected chi connectivity index (χ1v) is 9.97. The number of ether oxygens (including phenoxy) is 1. The topological polar surface area (TPSA) is 84.0 Å². The van der Waals surface area contributed by atoms with Crippen LogP contribution < -0.4 is 14.5 Å². The Morgan fingerprint density at radius 1 is 0.933 bits per heavy atom.